The zero-order valence-corrected chi connectivity index (χ0v) is 8.93. The first-order valence-corrected chi connectivity index (χ1v) is 5.11. The molecule has 82 valence electrons. The van der Waals surface area contributed by atoms with Crippen molar-refractivity contribution in [1.29, 1.82) is 0 Å². The molecular weight excluding hydrogens is 204 g/mol. The third kappa shape index (κ3) is 1.84. The van der Waals surface area contributed by atoms with Crippen molar-refractivity contribution in [1.82, 2.24) is 0 Å². The van der Waals surface area contributed by atoms with Crippen LogP contribution in [0.25, 0.3) is 10.8 Å². The fourth-order valence-corrected chi connectivity index (χ4v) is 1.61. The SMILES string of the molecule is CCOC(=O)c1ccc2c(O)cccc2c1. The van der Waals surface area contributed by atoms with Crippen LogP contribution in [0.15, 0.2) is 36.4 Å². The molecule has 0 atom stereocenters. The minimum absolute atomic E-state index is 0.216. The number of aromatic hydroxyl groups is 1. The number of ether oxygens (including phenoxy) is 1. The highest BCUT2D eigenvalue weighted by atomic mass is 16.5. The number of phenolic OH excluding ortho intramolecular Hbond substituents is 1. The van der Waals surface area contributed by atoms with Crippen LogP contribution < -0.4 is 0 Å². The van der Waals surface area contributed by atoms with Gasteiger partial charge in [-0.3, -0.25) is 0 Å². The van der Waals surface area contributed by atoms with Crippen LogP contribution in [0.3, 0.4) is 0 Å². The molecule has 0 spiro atoms. The number of carbonyl (C=O) groups excluding carboxylic acids is 1. The lowest BCUT2D eigenvalue weighted by atomic mass is 10.1. The van der Waals surface area contributed by atoms with Gasteiger partial charge in [0.2, 0.25) is 0 Å². The number of hydrogen-bond donors (Lipinski definition) is 1. The Hall–Kier alpha value is -2.03. The second kappa shape index (κ2) is 4.23. The molecule has 2 aromatic rings. The molecule has 3 heteroatoms. The summed E-state index contributed by atoms with van der Waals surface area (Å²) in [4.78, 5) is 11.5. The van der Waals surface area contributed by atoms with Crippen molar-refractivity contribution >= 4 is 16.7 Å². The summed E-state index contributed by atoms with van der Waals surface area (Å²) in [6.07, 6.45) is 0. The van der Waals surface area contributed by atoms with Gasteiger partial charge in [0.25, 0.3) is 0 Å². The van der Waals surface area contributed by atoms with Crippen molar-refractivity contribution in [3.8, 4) is 5.75 Å². The zero-order chi connectivity index (χ0) is 11.5. The fourth-order valence-electron chi connectivity index (χ4n) is 1.61. The second-order valence-corrected chi connectivity index (χ2v) is 3.43. The Morgan fingerprint density at radius 1 is 1.31 bits per heavy atom. The van der Waals surface area contributed by atoms with Crippen LogP contribution in [0.5, 0.6) is 5.75 Å². The molecular formula is C13H12O3. The Balaban J connectivity index is 2.48. The lowest BCUT2D eigenvalue weighted by Gasteiger charge is -2.04. The Morgan fingerprint density at radius 2 is 2.12 bits per heavy atom. The van der Waals surface area contributed by atoms with Crippen molar-refractivity contribution in [2.75, 3.05) is 6.61 Å². The molecule has 0 radical (unpaired) electrons. The van der Waals surface area contributed by atoms with Gasteiger partial charge in [0.05, 0.1) is 12.2 Å². The molecule has 1 N–H and O–H groups in total. The van der Waals surface area contributed by atoms with E-state index < -0.39 is 0 Å². The maximum Gasteiger partial charge on any atom is 0.338 e. The van der Waals surface area contributed by atoms with E-state index in [0.717, 1.165) is 10.8 Å². The largest absolute Gasteiger partial charge is 0.507 e. The van der Waals surface area contributed by atoms with Gasteiger partial charge in [-0.05, 0) is 36.6 Å². The van der Waals surface area contributed by atoms with Crippen molar-refractivity contribution in [2.24, 2.45) is 0 Å². The van der Waals surface area contributed by atoms with Gasteiger partial charge in [0.1, 0.15) is 5.75 Å². The maximum absolute atomic E-state index is 11.5. The van der Waals surface area contributed by atoms with Crippen LogP contribution in [0.4, 0.5) is 0 Å². The lowest BCUT2D eigenvalue weighted by Crippen LogP contribution is -2.04. The molecule has 0 unspecified atom stereocenters. The summed E-state index contributed by atoms with van der Waals surface area (Å²) >= 11 is 0. The molecule has 0 aliphatic carbocycles. The summed E-state index contributed by atoms with van der Waals surface area (Å²) in [5.41, 5.74) is 0.500. The average Bonchev–Trinajstić information content (AvgIpc) is 2.29. The van der Waals surface area contributed by atoms with Gasteiger partial charge in [-0.25, -0.2) is 4.79 Å². The quantitative estimate of drug-likeness (QED) is 0.785. The highest BCUT2D eigenvalue weighted by molar-refractivity contribution is 5.97. The Bertz CT molecular complexity index is 532. The first kappa shape index (κ1) is 10.5. The van der Waals surface area contributed by atoms with Gasteiger partial charge in [0, 0.05) is 5.39 Å². The summed E-state index contributed by atoms with van der Waals surface area (Å²) in [6, 6.07) is 10.3. The topological polar surface area (TPSA) is 46.5 Å². The number of esters is 1. The molecule has 0 amide bonds. The highest BCUT2D eigenvalue weighted by Gasteiger charge is 2.07. The summed E-state index contributed by atoms with van der Waals surface area (Å²) < 4.78 is 4.91. The van der Waals surface area contributed by atoms with E-state index in [1.54, 1.807) is 37.3 Å². The van der Waals surface area contributed by atoms with Crippen LogP contribution in [0.2, 0.25) is 0 Å². The van der Waals surface area contributed by atoms with E-state index in [4.69, 9.17) is 4.74 Å². The normalized spacial score (nSPS) is 10.3. The summed E-state index contributed by atoms with van der Waals surface area (Å²) in [6.45, 7) is 2.13. The molecule has 2 aromatic carbocycles. The maximum atomic E-state index is 11.5. The molecule has 3 nitrogen and oxygen atoms in total. The Kier molecular flexibility index (Phi) is 2.77. The third-order valence-electron chi connectivity index (χ3n) is 2.37. The Morgan fingerprint density at radius 3 is 2.88 bits per heavy atom. The zero-order valence-electron chi connectivity index (χ0n) is 8.93. The number of hydrogen-bond acceptors (Lipinski definition) is 3. The van der Waals surface area contributed by atoms with E-state index >= 15 is 0 Å². The van der Waals surface area contributed by atoms with Crippen LogP contribution in [-0.2, 0) is 4.74 Å². The molecule has 0 saturated heterocycles. The third-order valence-corrected chi connectivity index (χ3v) is 2.37. The van der Waals surface area contributed by atoms with E-state index in [9.17, 15) is 9.90 Å². The molecule has 0 heterocycles. The number of carbonyl (C=O) groups is 1. The number of benzene rings is 2. The standard InChI is InChI=1S/C13H12O3/c1-2-16-13(15)10-6-7-11-9(8-10)4-3-5-12(11)14/h3-8,14H,2H2,1H3. The monoisotopic (exact) mass is 216 g/mol. The van der Waals surface area contributed by atoms with E-state index in [-0.39, 0.29) is 11.7 Å². The Labute approximate surface area is 93.3 Å². The summed E-state index contributed by atoms with van der Waals surface area (Å²) in [7, 11) is 0. The first-order valence-electron chi connectivity index (χ1n) is 5.11. The molecule has 16 heavy (non-hydrogen) atoms. The molecule has 0 fully saturated rings. The minimum atomic E-state index is -0.340. The van der Waals surface area contributed by atoms with Crippen molar-refractivity contribution in [3.05, 3.63) is 42.0 Å². The van der Waals surface area contributed by atoms with Crippen molar-refractivity contribution in [3.63, 3.8) is 0 Å². The smallest absolute Gasteiger partial charge is 0.338 e. The van der Waals surface area contributed by atoms with Gasteiger partial charge in [-0.2, -0.15) is 0 Å². The van der Waals surface area contributed by atoms with Gasteiger partial charge in [-0.15, -0.1) is 0 Å². The van der Waals surface area contributed by atoms with Gasteiger partial charge < -0.3 is 9.84 Å². The minimum Gasteiger partial charge on any atom is -0.507 e. The molecule has 0 aliphatic rings. The van der Waals surface area contributed by atoms with E-state index in [1.165, 1.54) is 0 Å². The summed E-state index contributed by atoms with van der Waals surface area (Å²) in [5.74, 6) is -0.124. The first-order chi connectivity index (χ1) is 7.72. The van der Waals surface area contributed by atoms with E-state index in [0.29, 0.717) is 12.2 Å². The fraction of sp³-hybridized carbons (Fsp3) is 0.154. The highest BCUT2D eigenvalue weighted by Crippen LogP contribution is 2.25. The van der Waals surface area contributed by atoms with Crippen molar-refractivity contribution < 1.29 is 14.6 Å². The van der Waals surface area contributed by atoms with Crippen LogP contribution >= 0.6 is 0 Å². The van der Waals surface area contributed by atoms with Crippen LogP contribution in [0, 0.1) is 0 Å². The van der Waals surface area contributed by atoms with Gasteiger partial charge >= 0.3 is 5.97 Å². The average molecular weight is 216 g/mol. The van der Waals surface area contributed by atoms with Crippen LogP contribution in [-0.4, -0.2) is 17.7 Å². The predicted octanol–water partition coefficient (Wildman–Crippen LogP) is 2.72. The number of phenols is 1. The number of fused-ring (bicyclic) bond motifs is 1. The van der Waals surface area contributed by atoms with Gasteiger partial charge in [0.15, 0.2) is 0 Å². The molecule has 0 bridgehead atoms. The second-order valence-electron chi connectivity index (χ2n) is 3.43. The van der Waals surface area contributed by atoms with E-state index in [2.05, 4.69) is 0 Å². The number of rotatable bonds is 2. The molecule has 2 rings (SSSR count). The summed E-state index contributed by atoms with van der Waals surface area (Å²) in [5, 5.41) is 11.1. The lowest BCUT2D eigenvalue weighted by molar-refractivity contribution is 0.0526. The van der Waals surface area contributed by atoms with Gasteiger partial charge in [-0.1, -0.05) is 12.1 Å². The van der Waals surface area contributed by atoms with Crippen molar-refractivity contribution in [2.45, 2.75) is 6.92 Å². The van der Waals surface area contributed by atoms with Crippen LogP contribution in [0.1, 0.15) is 17.3 Å². The molecule has 0 aromatic heterocycles. The predicted molar refractivity (Wildman–Crippen MR) is 61.6 cm³/mol. The molecule has 0 aliphatic heterocycles. The van der Waals surface area contributed by atoms with E-state index in [1.807, 2.05) is 6.07 Å². The molecule has 0 saturated carbocycles.